The molecule has 1 fully saturated rings. The number of benzene rings is 1. The number of hydrogen-bond donors (Lipinski definition) is 2. The largest absolute Gasteiger partial charge is 0.492 e. The van der Waals surface area contributed by atoms with E-state index in [0.29, 0.717) is 47.8 Å². The highest BCUT2D eigenvalue weighted by Gasteiger charge is 2.27. The van der Waals surface area contributed by atoms with Crippen LogP contribution >= 0.6 is 11.6 Å². The maximum Gasteiger partial charge on any atom is 0.256 e. The van der Waals surface area contributed by atoms with E-state index in [1.165, 1.54) is 12.8 Å². The molecule has 120 valence electrons. The molecule has 1 amide bonds. The molecule has 6 heteroatoms. The maximum atomic E-state index is 12.5. The maximum absolute atomic E-state index is 12.5. The first-order chi connectivity index (χ1) is 10.6. The molecule has 5 nitrogen and oxygen atoms in total. The van der Waals surface area contributed by atoms with E-state index in [9.17, 15) is 4.79 Å². The summed E-state index contributed by atoms with van der Waals surface area (Å²) < 4.78 is 5.59. The first-order valence-electron chi connectivity index (χ1n) is 7.87. The molecule has 1 atom stereocenters. The van der Waals surface area contributed by atoms with Gasteiger partial charge < -0.3 is 15.8 Å². The summed E-state index contributed by atoms with van der Waals surface area (Å²) in [4.78, 5) is 14.8. The van der Waals surface area contributed by atoms with Crippen LogP contribution in [0.25, 0.3) is 0 Å². The Labute approximate surface area is 135 Å². The van der Waals surface area contributed by atoms with Crippen LogP contribution in [0, 0.1) is 0 Å². The third kappa shape index (κ3) is 2.75. The van der Waals surface area contributed by atoms with Crippen molar-refractivity contribution < 1.29 is 9.53 Å². The Morgan fingerprint density at radius 3 is 3.18 bits per heavy atom. The summed E-state index contributed by atoms with van der Waals surface area (Å²) in [5.74, 6) is 0.440. The van der Waals surface area contributed by atoms with Crippen molar-refractivity contribution in [3.63, 3.8) is 0 Å². The van der Waals surface area contributed by atoms with E-state index in [1.54, 1.807) is 6.07 Å². The Kier molecular flexibility index (Phi) is 4.45. The predicted octanol–water partition coefficient (Wildman–Crippen LogP) is 2.42. The molecular weight excluding hydrogens is 302 g/mol. The molecule has 22 heavy (non-hydrogen) atoms. The normalized spacial score (nSPS) is 20.7. The second-order valence-electron chi connectivity index (χ2n) is 5.91. The molecule has 3 N–H and O–H groups in total. The van der Waals surface area contributed by atoms with E-state index in [-0.39, 0.29) is 5.91 Å². The molecule has 2 heterocycles. The molecule has 0 aromatic heterocycles. The predicted molar refractivity (Wildman–Crippen MR) is 87.4 cm³/mol. The lowest BCUT2D eigenvalue weighted by atomic mass is 10.1. The van der Waals surface area contributed by atoms with E-state index in [2.05, 4.69) is 17.1 Å². The average Bonchev–Trinajstić information content (AvgIpc) is 3.16. The van der Waals surface area contributed by atoms with Gasteiger partial charge in [0, 0.05) is 24.6 Å². The number of likely N-dealkylation sites (tertiary alicyclic amines) is 1. The third-order valence-electron chi connectivity index (χ3n) is 4.63. The van der Waals surface area contributed by atoms with Crippen molar-refractivity contribution in [3.05, 3.63) is 22.2 Å². The van der Waals surface area contributed by atoms with Crippen LogP contribution in [0.3, 0.4) is 0 Å². The number of nitrogens with two attached hydrogens (primary N) is 1. The minimum Gasteiger partial charge on any atom is -0.492 e. The van der Waals surface area contributed by atoms with E-state index >= 15 is 0 Å². The van der Waals surface area contributed by atoms with Crippen LogP contribution in [0.2, 0.25) is 5.02 Å². The number of carbonyl (C=O) groups excluding carboxylic acids is 1. The lowest BCUT2D eigenvalue weighted by Gasteiger charge is -2.23. The zero-order valence-corrected chi connectivity index (χ0v) is 13.6. The summed E-state index contributed by atoms with van der Waals surface area (Å²) in [7, 11) is 0. The minimum absolute atomic E-state index is 0.151. The summed E-state index contributed by atoms with van der Waals surface area (Å²) >= 11 is 6.14. The van der Waals surface area contributed by atoms with Crippen molar-refractivity contribution in [2.24, 2.45) is 0 Å². The summed E-state index contributed by atoms with van der Waals surface area (Å²) in [6, 6.07) is 2.18. The highest BCUT2D eigenvalue weighted by molar-refractivity contribution is 6.33. The van der Waals surface area contributed by atoms with Gasteiger partial charge in [0.15, 0.2) is 0 Å². The van der Waals surface area contributed by atoms with Crippen LogP contribution in [-0.4, -0.2) is 36.7 Å². The standard InChI is InChI=1S/C16H22ClN3O2/c1-2-10-4-3-6-20(10)9-19-16(21)12-8-13(17)14(18)11-5-7-22-15(11)12/h8,10H,2-7,9,18H2,1H3,(H,19,21). The van der Waals surface area contributed by atoms with Gasteiger partial charge in [0.2, 0.25) is 0 Å². The van der Waals surface area contributed by atoms with Gasteiger partial charge in [-0.15, -0.1) is 0 Å². The first-order valence-corrected chi connectivity index (χ1v) is 8.25. The lowest BCUT2D eigenvalue weighted by Crippen LogP contribution is -2.40. The highest BCUT2D eigenvalue weighted by Crippen LogP contribution is 2.38. The second kappa shape index (κ2) is 6.34. The molecule has 0 aliphatic carbocycles. The number of hydrogen-bond acceptors (Lipinski definition) is 4. The molecular formula is C16H22ClN3O2. The Morgan fingerprint density at radius 2 is 2.41 bits per heavy atom. The number of carbonyl (C=O) groups is 1. The van der Waals surface area contributed by atoms with Gasteiger partial charge in [0.1, 0.15) is 5.75 Å². The lowest BCUT2D eigenvalue weighted by molar-refractivity contribution is 0.0914. The fourth-order valence-electron chi connectivity index (χ4n) is 3.37. The van der Waals surface area contributed by atoms with Gasteiger partial charge in [-0.25, -0.2) is 0 Å². The number of fused-ring (bicyclic) bond motifs is 1. The summed E-state index contributed by atoms with van der Waals surface area (Å²) in [5, 5.41) is 3.41. The van der Waals surface area contributed by atoms with Crippen molar-refractivity contribution in [2.75, 3.05) is 25.6 Å². The number of nitrogens with one attached hydrogen (secondary N) is 1. The molecule has 1 unspecified atom stereocenters. The van der Waals surface area contributed by atoms with Crippen molar-refractivity contribution in [1.29, 1.82) is 0 Å². The number of amides is 1. The van der Waals surface area contributed by atoms with Crippen LogP contribution in [-0.2, 0) is 6.42 Å². The molecule has 2 aliphatic heterocycles. The molecule has 1 aromatic rings. The van der Waals surface area contributed by atoms with Gasteiger partial charge in [0.25, 0.3) is 5.91 Å². The van der Waals surface area contributed by atoms with Gasteiger partial charge >= 0.3 is 0 Å². The summed E-state index contributed by atoms with van der Waals surface area (Å²) in [6.07, 6.45) is 4.22. The van der Waals surface area contributed by atoms with Crippen LogP contribution in [0.1, 0.15) is 42.1 Å². The van der Waals surface area contributed by atoms with Gasteiger partial charge in [0.05, 0.1) is 29.5 Å². The van der Waals surface area contributed by atoms with Crippen LogP contribution in [0.5, 0.6) is 5.75 Å². The zero-order chi connectivity index (χ0) is 15.7. The Bertz CT molecular complexity index is 591. The molecule has 0 saturated carbocycles. The first kappa shape index (κ1) is 15.4. The minimum atomic E-state index is -0.151. The van der Waals surface area contributed by atoms with E-state index < -0.39 is 0 Å². The zero-order valence-electron chi connectivity index (χ0n) is 12.8. The summed E-state index contributed by atoms with van der Waals surface area (Å²) in [5.41, 5.74) is 7.82. The Morgan fingerprint density at radius 1 is 1.59 bits per heavy atom. The summed E-state index contributed by atoms with van der Waals surface area (Å²) in [6.45, 7) is 4.33. The average molecular weight is 324 g/mol. The molecule has 1 aromatic carbocycles. The number of nitrogens with zero attached hydrogens (tertiary/aromatic N) is 1. The SMILES string of the molecule is CCC1CCCN1CNC(=O)c1cc(Cl)c(N)c2c1OCC2. The van der Waals surface area contributed by atoms with Gasteiger partial charge in [-0.05, 0) is 25.3 Å². The van der Waals surface area contributed by atoms with Crippen molar-refractivity contribution in [2.45, 2.75) is 38.6 Å². The molecule has 0 spiro atoms. The molecule has 0 bridgehead atoms. The van der Waals surface area contributed by atoms with E-state index in [1.807, 2.05) is 0 Å². The number of halogens is 1. The Hall–Kier alpha value is -1.46. The highest BCUT2D eigenvalue weighted by atomic mass is 35.5. The van der Waals surface area contributed by atoms with Crippen molar-refractivity contribution >= 4 is 23.2 Å². The molecule has 3 rings (SSSR count). The monoisotopic (exact) mass is 323 g/mol. The van der Waals surface area contributed by atoms with Crippen LogP contribution < -0.4 is 15.8 Å². The fourth-order valence-corrected chi connectivity index (χ4v) is 3.59. The number of anilines is 1. The quantitative estimate of drug-likeness (QED) is 0.835. The molecule has 2 aliphatic rings. The number of rotatable bonds is 4. The van der Waals surface area contributed by atoms with Crippen LogP contribution in [0.15, 0.2) is 6.07 Å². The third-order valence-corrected chi connectivity index (χ3v) is 4.94. The fraction of sp³-hybridized carbons (Fsp3) is 0.562. The number of ether oxygens (including phenoxy) is 1. The molecule has 1 saturated heterocycles. The second-order valence-corrected chi connectivity index (χ2v) is 6.31. The molecule has 0 radical (unpaired) electrons. The van der Waals surface area contributed by atoms with Gasteiger partial charge in [-0.1, -0.05) is 18.5 Å². The Balaban J connectivity index is 1.73. The van der Waals surface area contributed by atoms with Crippen molar-refractivity contribution in [1.82, 2.24) is 10.2 Å². The van der Waals surface area contributed by atoms with Gasteiger partial charge in [-0.3, -0.25) is 9.69 Å². The number of nitrogen functional groups attached to an aromatic ring is 1. The van der Waals surface area contributed by atoms with Crippen molar-refractivity contribution in [3.8, 4) is 5.75 Å². The van der Waals surface area contributed by atoms with Gasteiger partial charge in [-0.2, -0.15) is 0 Å². The van der Waals surface area contributed by atoms with E-state index in [4.69, 9.17) is 22.1 Å². The van der Waals surface area contributed by atoms with Crippen LogP contribution in [0.4, 0.5) is 5.69 Å². The smallest absolute Gasteiger partial charge is 0.256 e. The topological polar surface area (TPSA) is 67.6 Å². The van der Waals surface area contributed by atoms with E-state index in [0.717, 1.165) is 18.5 Å².